The minimum absolute atomic E-state index is 0.459. The number of hydrogen-bond donors (Lipinski definition) is 0. The summed E-state index contributed by atoms with van der Waals surface area (Å²) in [6.45, 7) is 7.53. The number of carbonyl (C=O) groups is 2. The Balaban J connectivity index is 2.33. The quantitative estimate of drug-likeness (QED) is 0.255. The van der Waals surface area contributed by atoms with Crippen LogP contribution in [0.4, 0.5) is 4.79 Å². The van der Waals surface area contributed by atoms with Crippen LogP contribution in [0, 0.1) is 6.92 Å². The van der Waals surface area contributed by atoms with E-state index in [0.29, 0.717) is 35.1 Å². The van der Waals surface area contributed by atoms with E-state index in [1.54, 1.807) is 0 Å². The van der Waals surface area contributed by atoms with Gasteiger partial charge in [0.05, 0.1) is 7.11 Å². The Morgan fingerprint density at radius 2 is 1.89 bits per heavy atom. The standard InChI is InChI=1S/C22H22O5/c1-5-14-8-10-16-18(12-14)20(26-19(23)6-2)15-9-7-13(3)11-17(15)21(16)27-22(24)25-4/h6-9,11H,2,5,10,12H2,1,3-4H3. The minimum Gasteiger partial charge on any atom is -0.437 e. The molecule has 27 heavy (non-hydrogen) atoms. The first-order valence-electron chi connectivity index (χ1n) is 8.84. The van der Waals surface area contributed by atoms with E-state index in [2.05, 4.69) is 19.6 Å². The van der Waals surface area contributed by atoms with Gasteiger partial charge in [-0.05, 0) is 32.3 Å². The van der Waals surface area contributed by atoms with Gasteiger partial charge in [-0.2, -0.15) is 0 Å². The van der Waals surface area contributed by atoms with Crippen LogP contribution < -0.4 is 9.47 Å². The van der Waals surface area contributed by atoms with Crippen LogP contribution in [0.25, 0.3) is 10.8 Å². The lowest BCUT2D eigenvalue weighted by Gasteiger charge is -2.24. The summed E-state index contributed by atoms with van der Waals surface area (Å²) in [4.78, 5) is 23.8. The van der Waals surface area contributed by atoms with Crippen LogP contribution >= 0.6 is 0 Å². The average Bonchev–Trinajstić information content (AvgIpc) is 2.69. The molecule has 3 rings (SSSR count). The third-order valence-corrected chi connectivity index (χ3v) is 4.75. The molecule has 0 saturated carbocycles. The summed E-state index contributed by atoms with van der Waals surface area (Å²) >= 11 is 0. The normalized spacial score (nSPS) is 12.8. The molecular weight excluding hydrogens is 344 g/mol. The summed E-state index contributed by atoms with van der Waals surface area (Å²) in [5.74, 6) is 0.440. The smallest absolute Gasteiger partial charge is 0.437 e. The van der Waals surface area contributed by atoms with Crippen LogP contribution in [0.3, 0.4) is 0 Å². The van der Waals surface area contributed by atoms with Gasteiger partial charge < -0.3 is 14.2 Å². The Morgan fingerprint density at radius 3 is 2.56 bits per heavy atom. The predicted molar refractivity (Wildman–Crippen MR) is 103 cm³/mol. The number of benzene rings is 2. The fraction of sp³-hybridized carbons (Fsp3) is 0.273. The van der Waals surface area contributed by atoms with Gasteiger partial charge in [0.25, 0.3) is 0 Å². The molecule has 1 aliphatic carbocycles. The molecule has 5 nitrogen and oxygen atoms in total. The summed E-state index contributed by atoms with van der Waals surface area (Å²) in [6.07, 6.45) is 4.62. The van der Waals surface area contributed by atoms with Crippen molar-refractivity contribution in [3.8, 4) is 11.5 Å². The Bertz CT molecular complexity index is 969. The highest BCUT2D eigenvalue weighted by Gasteiger charge is 2.26. The molecule has 2 aromatic carbocycles. The van der Waals surface area contributed by atoms with E-state index in [4.69, 9.17) is 14.2 Å². The molecule has 0 aliphatic heterocycles. The number of esters is 1. The Kier molecular flexibility index (Phi) is 5.31. The number of fused-ring (bicyclic) bond motifs is 2. The third kappa shape index (κ3) is 3.58. The van der Waals surface area contributed by atoms with Crippen molar-refractivity contribution in [3.05, 3.63) is 59.2 Å². The first-order valence-corrected chi connectivity index (χ1v) is 8.84. The van der Waals surface area contributed by atoms with Crippen molar-refractivity contribution in [2.24, 2.45) is 0 Å². The second-order valence-electron chi connectivity index (χ2n) is 6.44. The maximum atomic E-state index is 12.0. The molecule has 0 atom stereocenters. The van der Waals surface area contributed by atoms with E-state index in [-0.39, 0.29) is 0 Å². The van der Waals surface area contributed by atoms with E-state index in [0.717, 1.165) is 29.2 Å². The first-order chi connectivity index (χ1) is 13.0. The number of aryl methyl sites for hydroxylation is 1. The van der Waals surface area contributed by atoms with Crippen LogP contribution in [-0.2, 0) is 22.4 Å². The Hall–Kier alpha value is -3.08. The highest BCUT2D eigenvalue weighted by Crippen LogP contribution is 2.45. The van der Waals surface area contributed by atoms with Gasteiger partial charge in [0.15, 0.2) is 0 Å². The molecule has 0 fully saturated rings. The van der Waals surface area contributed by atoms with Gasteiger partial charge in [-0.3, -0.25) is 0 Å². The molecule has 0 bridgehead atoms. The highest BCUT2D eigenvalue weighted by molar-refractivity contribution is 6.00. The van der Waals surface area contributed by atoms with Crippen LogP contribution in [0.15, 0.2) is 42.5 Å². The molecule has 1 aliphatic rings. The Labute approximate surface area is 158 Å². The molecule has 0 heterocycles. The van der Waals surface area contributed by atoms with E-state index >= 15 is 0 Å². The van der Waals surface area contributed by atoms with Gasteiger partial charge >= 0.3 is 12.1 Å². The number of rotatable bonds is 4. The van der Waals surface area contributed by atoms with E-state index in [1.807, 2.05) is 25.1 Å². The number of methoxy groups -OCH3 is 1. The zero-order valence-corrected chi connectivity index (χ0v) is 15.8. The highest BCUT2D eigenvalue weighted by atomic mass is 16.7. The van der Waals surface area contributed by atoms with Gasteiger partial charge in [-0.15, -0.1) is 0 Å². The van der Waals surface area contributed by atoms with E-state index in [1.165, 1.54) is 12.7 Å². The monoisotopic (exact) mass is 366 g/mol. The largest absolute Gasteiger partial charge is 0.513 e. The third-order valence-electron chi connectivity index (χ3n) is 4.75. The molecular formula is C22H22O5. The number of ether oxygens (including phenoxy) is 3. The maximum absolute atomic E-state index is 12.0. The van der Waals surface area contributed by atoms with E-state index in [9.17, 15) is 9.59 Å². The van der Waals surface area contributed by atoms with Gasteiger partial charge in [0, 0.05) is 28.0 Å². The summed E-state index contributed by atoms with van der Waals surface area (Å²) < 4.78 is 15.9. The van der Waals surface area contributed by atoms with Crippen LogP contribution in [0.5, 0.6) is 11.5 Å². The first kappa shape index (κ1) is 18.7. The molecule has 5 heteroatoms. The second kappa shape index (κ2) is 7.66. The molecule has 0 unspecified atom stereocenters. The van der Waals surface area contributed by atoms with Gasteiger partial charge in [0.2, 0.25) is 0 Å². The van der Waals surface area contributed by atoms with Crippen molar-refractivity contribution in [1.82, 2.24) is 0 Å². The second-order valence-corrected chi connectivity index (χ2v) is 6.44. The van der Waals surface area contributed by atoms with Crippen LogP contribution in [0.1, 0.15) is 30.0 Å². The van der Waals surface area contributed by atoms with Crippen molar-refractivity contribution in [2.75, 3.05) is 7.11 Å². The molecule has 0 N–H and O–H groups in total. The summed E-state index contributed by atoms with van der Waals surface area (Å²) in [7, 11) is 1.28. The van der Waals surface area contributed by atoms with Crippen molar-refractivity contribution >= 4 is 22.9 Å². The molecule has 0 saturated heterocycles. The molecule has 2 aromatic rings. The zero-order chi connectivity index (χ0) is 19.6. The van der Waals surface area contributed by atoms with Gasteiger partial charge in [-0.1, -0.05) is 42.8 Å². The fourth-order valence-corrected chi connectivity index (χ4v) is 3.36. The number of hydrogen-bond acceptors (Lipinski definition) is 5. The lowest BCUT2D eigenvalue weighted by molar-refractivity contribution is -0.128. The number of carbonyl (C=O) groups excluding carboxylic acids is 2. The predicted octanol–water partition coefficient (Wildman–Crippen LogP) is 4.82. The van der Waals surface area contributed by atoms with Crippen molar-refractivity contribution in [2.45, 2.75) is 33.1 Å². The van der Waals surface area contributed by atoms with Gasteiger partial charge in [-0.25, -0.2) is 9.59 Å². The van der Waals surface area contributed by atoms with E-state index < -0.39 is 12.1 Å². The Morgan fingerprint density at radius 1 is 1.15 bits per heavy atom. The summed E-state index contributed by atoms with van der Waals surface area (Å²) in [5, 5.41) is 1.42. The molecule has 0 amide bonds. The number of allylic oxidation sites excluding steroid dienone is 2. The van der Waals surface area contributed by atoms with Crippen LogP contribution in [0.2, 0.25) is 0 Å². The molecule has 0 spiro atoms. The zero-order valence-electron chi connectivity index (χ0n) is 15.8. The topological polar surface area (TPSA) is 61.8 Å². The maximum Gasteiger partial charge on any atom is 0.513 e. The molecule has 0 radical (unpaired) electrons. The van der Waals surface area contributed by atoms with Crippen molar-refractivity contribution in [1.29, 1.82) is 0 Å². The lowest BCUT2D eigenvalue weighted by Crippen LogP contribution is -2.15. The fourth-order valence-electron chi connectivity index (χ4n) is 3.36. The van der Waals surface area contributed by atoms with Crippen molar-refractivity contribution < 1.29 is 23.8 Å². The minimum atomic E-state index is -0.777. The SMILES string of the molecule is C=CC(=O)Oc1c2c(c(OC(=O)OC)c3cc(C)ccc13)CC=C(CC)C2. The van der Waals surface area contributed by atoms with Crippen molar-refractivity contribution in [3.63, 3.8) is 0 Å². The lowest BCUT2D eigenvalue weighted by atomic mass is 9.86. The van der Waals surface area contributed by atoms with Gasteiger partial charge in [0.1, 0.15) is 11.5 Å². The average molecular weight is 366 g/mol. The summed E-state index contributed by atoms with van der Waals surface area (Å²) in [5.41, 5.74) is 3.94. The van der Waals surface area contributed by atoms with Crippen LogP contribution in [-0.4, -0.2) is 19.2 Å². The summed E-state index contributed by atoms with van der Waals surface area (Å²) in [6, 6.07) is 5.73. The molecule has 0 aromatic heterocycles. The molecule has 140 valence electrons.